The van der Waals surface area contributed by atoms with Gasteiger partial charge in [0.15, 0.2) is 0 Å². The zero-order valence-corrected chi connectivity index (χ0v) is 8.98. The fourth-order valence-electron chi connectivity index (χ4n) is 1.32. The van der Waals surface area contributed by atoms with Crippen molar-refractivity contribution < 1.29 is 4.39 Å². The van der Waals surface area contributed by atoms with Crippen molar-refractivity contribution in [3.8, 4) is 0 Å². The van der Waals surface area contributed by atoms with Gasteiger partial charge in [0.2, 0.25) is 0 Å². The molecule has 1 aromatic rings. The number of hydrogen-bond acceptors (Lipinski definition) is 3. The highest BCUT2D eigenvalue weighted by Crippen LogP contribution is 2.07. The maximum Gasteiger partial charge on any atom is 0.123 e. The summed E-state index contributed by atoms with van der Waals surface area (Å²) in [6, 6.07) is 6.19. The van der Waals surface area contributed by atoms with Gasteiger partial charge in [-0.25, -0.2) is 4.39 Å². The molecular weight excluding hydrogens is 217 g/mol. The Morgan fingerprint density at radius 3 is 2.47 bits per heavy atom. The molecule has 0 saturated carbocycles. The molecule has 2 rings (SSSR count). The van der Waals surface area contributed by atoms with E-state index in [1.807, 2.05) is 0 Å². The van der Waals surface area contributed by atoms with E-state index in [4.69, 9.17) is 0 Å². The van der Waals surface area contributed by atoms with Gasteiger partial charge in [0, 0.05) is 13.0 Å². The van der Waals surface area contributed by atoms with Crippen molar-refractivity contribution in [3.63, 3.8) is 0 Å². The molecule has 1 heterocycles. The van der Waals surface area contributed by atoms with Crippen LogP contribution >= 0.6 is 12.4 Å². The molecule has 0 bridgehead atoms. The number of aliphatic imine (C=N–C) groups is 1. The van der Waals surface area contributed by atoms with Crippen LogP contribution in [-0.2, 0) is 0 Å². The topological polar surface area (TPSA) is 36.4 Å². The average molecular weight is 230 g/mol. The van der Waals surface area contributed by atoms with Crippen molar-refractivity contribution in [3.05, 3.63) is 30.1 Å². The van der Waals surface area contributed by atoms with Crippen molar-refractivity contribution in [1.82, 2.24) is 5.43 Å². The Bertz CT molecular complexity index is 337. The molecule has 5 heteroatoms. The van der Waals surface area contributed by atoms with E-state index in [-0.39, 0.29) is 18.2 Å². The van der Waals surface area contributed by atoms with Crippen LogP contribution in [0.1, 0.15) is 12.8 Å². The van der Waals surface area contributed by atoms with E-state index < -0.39 is 0 Å². The Labute approximate surface area is 94.2 Å². The molecule has 0 atom stereocenters. The Kier molecular flexibility index (Phi) is 4.37. The summed E-state index contributed by atoms with van der Waals surface area (Å²) in [4.78, 5) is 4.24. The molecule has 2 N–H and O–H groups in total. The monoisotopic (exact) mass is 229 g/mol. The minimum atomic E-state index is -0.228. The molecule has 0 aromatic heterocycles. The van der Waals surface area contributed by atoms with Crippen molar-refractivity contribution in [2.45, 2.75) is 12.8 Å². The molecule has 1 aromatic carbocycles. The van der Waals surface area contributed by atoms with E-state index in [2.05, 4.69) is 15.8 Å². The van der Waals surface area contributed by atoms with E-state index in [0.717, 1.165) is 30.9 Å². The smallest absolute Gasteiger partial charge is 0.123 e. The lowest BCUT2D eigenvalue weighted by atomic mass is 10.3. The van der Waals surface area contributed by atoms with E-state index in [1.165, 1.54) is 12.1 Å². The zero-order chi connectivity index (χ0) is 9.80. The van der Waals surface area contributed by atoms with Gasteiger partial charge in [-0.3, -0.25) is 15.8 Å². The third kappa shape index (κ3) is 3.40. The fraction of sp³-hybridized carbons (Fsp3) is 0.300. The Hall–Kier alpha value is -1.29. The van der Waals surface area contributed by atoms with Crippen molar-refractivity contribution in [2.24, 2.45) is 4.99 Å². The first-order valence-electron chi connectivity index (χ1n) is 4.65. The predicted octanol–water partition coefficient (Wildman–Crippen LogP) is 2.36. The number of hydrogen-bond donors (Lipinski definition) is 2. The van der Waals surface area contributed by atoms with Gasteiger partial charge in [-0.15, -0.1) is 12.4 Å². The SMILES string of the molecule is Cl.Fc1ccc(NNC2=NCCC2)cc1. The highest BCUT2D eigenvalue weighted by Gasteiger charge is 2.04. The summed E-state index contributed by atoms with van der Waals surface area (Å²) in [5.74, 6) is 0.739. The first-order valence-corrected chi connectivity index (χ1v) is 4.65. The third-order valence-electron chi connectivity index (χ3n) is 2.07. The second-order valence-corrected chi connectivity index (χ2v) is 3.19. The Morgan fingerprint density at radius 2 is 1.87 bits per heavy atom. The number of halogens is 2. The van der Waals surface area contributed by atoms with Crippen LogP contribution in [0.25, 0.3) is 0 Å². The van der Waals surface area contributed by atoms with Gasteiger partial charge >= 0.3 is 0 Å². The van der Waals surface area contributed by atoms with Crippen LogP contribution < -0.4 is 10.9 Å². The van der Waals surface area contributed by atoms with E-state index in [9.17, 15) is 4.39 Å². The summed E-state index contributed by atoms with van der Waals surface area (Å²) in [5, 5.41) is 0. The molecule has 0 aliphatic carbocycles. The molecule has 82 valence electrons. The van der Waals surface area contributed by atoms with Crippen molar-refractivity contribution in [2.75, 3.05) is 12.0 Å². The average Bonchev–Trinajstić information content (AvgIpc) is 2.70. The van der Waals surface area contributed by atoms with Gasteiger partial charge in [0.1, 0.15) is 11.7 Å². The first kappa shape index (κ1) is 11.8. The van der Waals surface area contributed by atoms with Gasteiger partial charge in [-0.2, -0.15) is 0 Å². The van der Waals surface area contributed by atoms with Crippen molar-refractivity contribution in [1.29, 1.82) is 0 Å². The summed E-state index contributed by atoms with van der Waals surface area (Å²) >= 11 is 0. The maximum atomic E-state index is 12.6. The number of nitrogens with one attached hydrogen (secondary N) is 2. The summed E-state index contributed by atoms with van der Waals surface area (Å²) < 4.78 is 12.6. The quantitative estimate of drug-likeness (QED) is 0.764. The molecule has 0 radical (unpaired) electrons. The molecule has 0 amide bonds. The molecule has 3 nitrogen and oxygen atoms in total. The lowest BCUT2D eigenvalue weighted by molar-refractivity contribution is 0.628. The zero-order valence-electron chi connectivity index (χ0n) is 8.16. The Morgan fingerprint density at radius 1 is 1.13 bits per heavy atom. The molecular formula is C10H13ClFN3. The van der Waals surface area contributed by atoms with Gasteiger partial charge in [-0.05, 0) is 30.7 Å². The molecule has 0 spiro atoms. The summed E-state index contributed by atoms with van der Waals surface area (Å²) in [7, 11) is 0. The van der Waals surface area contributed by atoms with Crippen molar-refractivity contribution >= 4 is 23.9 Å². The maximum absolute atomic E-state index is 12.6. The first-order chi connectivity index (χ1) is 6.84. The highest BCUT2D eigenvalue weighted by atomic mass is 35.5. The van der Waals surface area contributed by atoms with E-state index in [0.29, 0.717) is 0 Å². The molecule has 1 aliphatic rings. The minimum Gasteiger partial charge on any atom is -0.300 e. The van der Waals surface area contributed by atoms with E-state index >= 15 is 0 Å². The van der Waals surface area contributed by atoms with Gasteiger partial charge in [0.25, 0.3) is 0 Å². The lowest BCUT2D eigenvalue weighted by Crippen LogP contribution is -2.27. The number of hydrazine groups is 1. The Balaban J connectivity index is 0.00000112. The number of rotatable bonds is 2. The lowest BCUT2D eigenvalue weighted by Gasteiger charge is -2.08. The standard InChI is InChI=1S/C10H12FN3.ClH/c11-8-3-5-9(6-4-8)13-14-10-2-1-7-12-10;/h3-6,13H,1-2,7H2,(H,12,14);1H. The molecule has 0 saturated heterocycles. The number of nitrogens with zero attached hydrogens (tertiary/aromatic N) is 1. The number of anilines is 1. The fourth-order valence-corrected chi connectivity index (χ4v) is 1.32. The van der Waals surface area contributed by atoms with Crippen LogP contribution in [0, 0.1) is 5.82 Å². The number of amidine groups is 1. The normalized spacial score (nSPS) is 14.1. The predicted molar refractivity (Wildman–Crippen MR) is 61.9 cm³/mol. The van der Waals surface area contributed by atoms with Gasteiger partial charge in [0.05, 0.1) is 5.69 Å². The van der Waals surface area contributed by atoms with Crippen LogP contribution in [0.2, 0.25) is 0 Å². The summed E-state index contributed by atoms with van der Waals surface area (Å²) in [6.07, 6.45) is 2.08. The van der Waals surface area contributed by atoms with E-state index in [1.54, 1.807) is 12.1 Å². The van der Waals surface area contributed by atoms with Gasteiger partial charge in [-0.1, -0.05) is 0 Å². The van der Waals surface area contributed by atoms with Crippen LogP contribution in [-0.4, -0.2) is 12.4 Å². The second kappa shape index (κ2) is 5.56. The highest BCUT2D eigenvalue weighted by molar-refractivity contribution is 5.85. The second-order valence-electron chi connectivity index (χ2n) is 3.19. The van der Waals surface area contributed by atoms with Crippen LogP contribution in [0.15, 0.2) is 29.3 Å². The molecule has 0 fully saturated rings. The number of benzene rings is 1. The van der Waals surface area contributed by atoms with Crippen LogP contribution in [0.4, 0.5) is 10.1 Å². The summed E-state index contributed by atoms with van der Waals surface area (Å²) in [6.45, 7) is 0.896. The molecule has 1 aliphatic heterocycles. The van der Waals surface area contributed by atoms with Gasteiger partial charge < -0.3 is 0 Å². The molecule has 0 unspecified atom stereocenters. The molecule has 15 heavy (non-hydrogen) atoms. The van der Waals surface area contributed by atoms with Crippen LogP contribution in [0.3, 0.4) is 0 Å². The largest absolute Gasteiger partial charge is 0.300 e. The van der Waals surface area contributed by atoms with Crippen LogP contribution in [0.5, 0.6) is 0 Å². The summed E-state index contributed by atoms with van der Waals surface area (Å²) in [5.41, 5.74) is 6.80. The third-order valence-corrected chi connectivity index (χ3v) is 2.07. The minimum absolute atomic E-state index is 0.